The molecule has 0 aromatic heterocycles. The van der Waals surface area contributed by atoms with Crippen molar-refractivity contribution >= 4 is 5.78 Å². The molecule has 1 heterocycles. The number of rotatable bonds is 4. The summed E-state index contributed by atoms with van der Waals surface area (Å²) in [6, 6.07) is 4.05. The lowest BCUT2D eigenvalue weighted by Gasteiger charge is -2.28. The maximum atomic E-state index is 13.3. The van der Waals surface area contributed by atoms with E-state index in [1.165, 1.54) is 37.8 Å². The van der Waals surface area contributed by atoms with Gasteiger partial charge >= 0.3 is 0 Å². The van der Waals surface area contributed by atoms with Gasteiger partial charge < -0.3 is 5.11 Å². The molecule has 4 heteroatoms. The third-order valence-corrected chi connectivity index (χ3v) is 4.96. The van der Waals surface area contributed by atoms with Crippen molar-refractivity contribution in [3.8, 4) is 5.75 Å². The molecule has 21 heavy (non-hydrogen) atoms. The lowest BCUT2D eigenvalue weighted by atomic mass is 9.95. The SMILES string of the molecule is O=C(CN1CCCC1C1CCCC1)c1cc(F)ccc1O. The number of halogens is 1. The Labute approximate surface area is 124 Å². The maximum absolute atomic E-state index is 13.3. The minimum absolute atomic E-state index is 0.104. The van der Waals surface area contributed by atoms with Gasteiger partial charge in [-0.3, -0.25) is 9.69 Å². The molecule has 1 aliphatic carbocycles. The molecule has 1 aromatic rings. The van der Waals surface area contributed by atoms with Crippen LogP contribution in [-0.4, -0.2) is 34.9 Å². The fourth-order valence-corrected chi connectivity index (χ4v) is 3.93. The van der Waals surface area contributed by atoms with E-state index in [1.54, 1.807) is 0 Å². The van der Waals surface area contributed by atoms with Gasteiger partial charge in [0.05, 0.1) is 12.1 Å². The van der Waals surface area contributed by atoms with Crippen molar-refractivity contribution in [1.82, 2.24) is 4.90 Å². The molecule has 1 aromatic carbocycles. The number of phenols is 1. The summed E-state index contributed by atoms with van der Waals surface area (Å²) in [7, 11) is 0. The van der Waals surface area contributed by atoms with Crippen LogP contribution < -0.4 is 0 Å². The van der Waals surface area contributed by atoms with Gasteiger partial charge in [0.15, 0.2) is 5.78 Å². The van der Waals surface area contributed by atoms with Crippen LogP contribution in [0.15, 0.2) is 18.2 Å². The molecule has 1 atom stereocenters. The summed E-state index contributed by atoms with van der Waals surface area (Å²) in [6.07, 6.45) is 7.42. The Morgan fingerprint density at radius 1 is 1.24 bits per heavy atom. The zero-order valence-corrected chi connectivity index (χ0v) is 12.2. The number of carbonyl (C=O) groups excluding carboxylic acids is 1. The average Bonchev–Trinajstić information content (AvgIpc) is 3.11. The number of Topliss-reactive ketones (excluding diaryl/α,β-unsaturated/α-hetero) is 1. The molecule has 1 saturated heterocycles. The van der Waals surface area contributed by atoms with E-state index in [0.717, 1.165) is 25.5 Å². The lowest BCUT2D eigenvalue weighted by molar-refractivity contribution is 0.0893. The largest absolute Gasteiger partial charge is 0.507 e. The fourth-order valence-electron chi connectivity index (χ4n) is 3.93. The number of nitrogens with zero attached hydrogens (tertiary/aromatic N) is 1. The molecule has 3 rings (SSSR count). The standard InChI is InChI=1S/C17H22FNO2/c18-13-7-8-16(20)14(10-13)17(21)11-19-9-3-6-15(19)12-4-1-2-5-12/h7-8,10,12,15,20H,1-6,9,11H2. The molecule has 2 aliphatic rings. The number of hydrogen-bond donors (Lipinski definition) is 1. The predicted octanol–water partition coefficient (Wildman–Crippen LogP) is 3.37. The number of aromatic hydroxyl groups is 1. The van der Waals surface area contributed by atoms with Gasteiger partial charge in [0.1, 0.15) is 11.6 Å². The van der Waals surface area contributed by atoms with Crippen LogP contribution in [0.25, 0.3) is 0 Å². The van der Waals surface area contributed by atoms with Gasteiger partial charge in [-0.25, -0.2) is 4.39 Å². The van der Waals surface area contributed by atoms with Crippen LogP contribution in [0.5, 0.6) is 5.75 Å². The van der Waals surface area contributed by atoms with Gasteiger partial charge in [-0.2, -0.15) is 0 Å². The van der Waals surface area contributed by atoms with Crippen LogP contribution >= 0.6 is 0 Å². The van der Waals surface area contributed by atoms with E-state index in [9.17, 15) is 14.3 Å². The van der Waals surface area contributed by atoms with Gasteiger partial charge in [-0.05, 0) is 56.3 Å². The van der Waals surface area contributed by atoms with E-state index >= 15 is 0 Å². The molecule has 0 bridgehead atoms. The van der Waals surface area contributed by atoms with Crippen LogP contribution in [0.4, 0.5) is 4.39 Å². The Morgan fingerprint density at radius 3 is 2.76 bits per heavy atom. The van der Waals surface area contributed by atoms with Crippen LogP contribution in [0.3, 0.4) is 0 Å². The highest BCUT2D eigenvalue weighted by Gasteiger charge is 2.34. The highest BCUT2D eigenvalue weighted by atomic mass is 19.1. The van der Waals surface area contributed by atoms with Gasteiger partial charge in [0.2, 0.25) is 0 Å². The van der Waals surface area contributed by atoms with E-state index in [0.29, 0.717) is 12.0 Å². The minimum atomic E-state index is -0.482. The van der Waals surface area contributed by atoms with Gasteiger partial charge in [-0.1, -0.05) is 12.8 Å². The van der Waals surface area contributed by atoms with Crippen molar-refractivity contribution in [2.75, 3.05) is 13.1 Å². The van der Waals surface area contributed by atoms with Gasteiger partial charge in [0.25, 0.3) is 0 Å². The molecular weight excluding hydrogens is 269 g/mol. The fraction of sp³-hybridized carbons (Fsp3) is 0.588. The summed E-state index contributed by atoms with van der Waals surface area (Å²) >= 11 is 0. The lowest BCUT2D eigenvalue weighted by Crippen LogP contribution is -2.38. The highest BCUT2D eigenvalue weighted by molar-refractivity contribution is 6.00. The third kappa shape index (κ3) is 3.10. The van der Waals surface area contributed by atoms with Crippen molar-refractivity contribution in [2.45, 2.75) is 44.6 Å². The summed E-state index contributed by atoms with van der Waals surface area (Å²) < 4.78 is 13.3. The van der Waals surface area contributed by atoms with Crippen LogP contribution in [0, 0.1) is 11.7 Å². The maximum Gasteiger partial charge on any atom is 0.180 e. The smallest absolute Gasteiger partial charge is 0.180 e. The van der Waals surface area contributed by atoms with Crippen LogP contribution in [0.1, 0.15) is 48.9 Å². The van der Waals surface area contributed by atoms with E-state index in [4.69, 9.17) is 0 Å². The van der Waals surface area contributed by atoms with Gasteiger partial charge in [0, 0.05) is 6.04 Å². The summed E-state index contributed by atoms with van der Waals surface area (Å²) in [6.45, 7) is 1.22. The summed E-state index contributed by atoms with van der Waals surface area (Å²) in [5.74, 6) is -0.0822. The Hall–Kier alpha value is -1.42. The molecule has 3 nitrogen and oxygen atoms in total. The molecule has 0 radical (unpaired) electrons. The second-order valence-electron chi connectivity index (χ2n) is 6.31. The van der Waals surface area contributed by atoms with Crippen molar-refractivity contribution in [3.05, 3.63) is 29.6 Å². The molecule has 2 fully saturated rings. The number of carbonyl (C=O) groups is 1. The average molecular weight is 291 g/mol. The normalized spacial score (nSPS) is 23.8. The van der Waals surface area contributed by atoms with E-state index < -0.39 is 5.82 Å². The highest BCUT2D eigenvalue weighted by Crippen LogP contribution is 2.35. The monoisotopic (exact) mass is 291 g/mol. The summed E-state index contributed by atoms with van der Waals surface area (Å²) in [5, 5.41) is 9.75. The quantitative estimate of drug-likeness (QED) is 0.865. The molecular formula is C17H22FNO2. The number of phenolic OH excluding ortho intramolecular Hbond substituents is 1. The molecule has 0 spiro atoms. The molecule has 1 unspecified atom stereocenters. The third-order valence-electron chi connectivity index (χ3n) is 4.96. The second kappa shape index (κ2) is 6.14. The molecule has 114 valence electrons. The first-order valence-corrected chi connectivity index (χ1v) is 7.91. The van der Waals surface area contributed by atoms with Crippen molar-refractivity contribution in [3.63, 3.8) is 0 Å². The Morgan fingerprint density at radius 2 is 2.00 bits per heavy atom. The Balaban J connectivity index is 1.70. The minimum Gasteiger partial charge on any atom is -0.507 e. The first-order valence-electron chi connectivity index (χ1n) is 7.91. The first-order chi connectivity index (χ1) is 10.1. The predicted molar refractivity (Wildman–Crippen MR) is 78.9 cm³/mol. The van der Waals surface area contributed by atoms with Crippen molar-refractivity contribution in [1.29, 1.82) is 0 Å². The zero-order chi connectivity index (χ0) is 14.8. The zero-order valence-electron chi connectivity index (χ0n) is 12.2. The first kappa shape index (κ1) is 14.5. The number of ketones is 1. The molecule has 1 N–H and O–H groups in total. The number of hydrogen-bond acceptors (Lipinski definition) is 3. The second-order valence-corrected chi connectivity index (χ2v) is 6.31. The van der Waals surface area contributed by atoms with E-state index in [2.05, 4.69) is 4.90 Å². The van der Waals surface area contributed by atoms with Crippen molar-refractivity contribution in [2.24, 2.45) is 5.92 Å². The summed E-state index contributed by atoms with van der Waals surface area (Å²) in [5.41, 5.74) is 0.104. The van der Waals surface area contributed by atoms with E-state index in [1.807, 2.05) is 0 Å². The van der Waals surface area contributed by atoms with Crippen LogP contribution in [-0.2, 0) is 0 Å². The molecule has 0 amide bonds. The summed E-state index contributed by atoms with van der Waals surface area (Å²) in [4.78, 5) is 14.6. The van der Waals surface area contributed by atoms with Gasteiger partial charge in [-0.15, -0.1) is 0 Å². The molecule has 1 aliphatic heterocycles. The van der Waals surface area contributed by atoms with Crippen molar-refractivity contribution < 1.29 is 14.3 Å². The van der Waals surface area contributed by atoms with Crippen LogP contribution in [0.2, 0.25) is 0 Å². The Kier molecular flexibility index (Phi) is 4.24. The number of likely N-dealkylation sites (tertiary alicyclic amines) is 1. The molecule has 1 saturated carbocycles. The number of benzene rings is 1. The Bertz CT molecular complexity index is 526. The van der Waals surface area contributed by atoms with E-state index in [-0.39, 0.29) is 23.6 Å². The topological polar surface area (TPSA) is 40.5 Å².